The van der Waals surface area contributed by atoms with E-state index >= 15 is 0 Å². The minimum Gasteiger partial charge on any atom is -0.495 e. The van der Waals surface area contributed by atoms with Crippen molar-refractivity contribution in [3.05, 3.63) is 48.2 Å². The molecule has 200 valence electrons. The Kier molecular flexibility index (Phi) is 9.28. The van der Waals surface area contributed by atoms with E-state index in [2.05, 4.69) is 42.7 Å². The zero-order valence-corrected chi connectivity index (χ0v) is 20.6. The maximum Gasteiger partial charge on any atom is 0.421 e. The average molecular weight is 522 g/mol. The number of piperidine rings is 1. The number of rotatable bonds is 10. The zero-order chi connectivity index (χ0) is 27.0. The summed E-state index contributed by atoms with van der Waals surface area (Å²) < 4.78 is 45.7. The van der Waals surface area contributed by atoms with Gasteiger partial charge in [-0.25, -0.2) is 4.98 Å². The summed E-state index contributed by atoms with van der Waals surface area (Å²) in [6.45, 7) is 5.17. The number of aromatic nitrogens is 2. The van der Waals surface area contributed by atoms with E-state index in [9.17, 15) is 22.8 Å². The number of alkyl halides is 3. The number of carbonyl (C=O) groups excluding carboxylic acids is 2. The average Bonchev–Trinajstić information content (AvgIpc) is 2.87. The lowest BCUT2D eigenvalue weighted by Gasteiger charge is -2.29. The minimum atomic E-state index is -4.69. The Morgan fingerprint density at radius 2 is 1.97 bits per heavy atom. The van der Waals surface area contributed by atoms with Gasteiger partial charge in [-0.2, -0.15) is 18.2 Å². The van der Waals surface area contributed by atoms with E-state index in [4.69, 9.17) is 4.74 Å². The molecule has 37 heavy (non-hydrogen) atoms. The van der Waals surface area contributed by atoms with Crippen LogP contribution in [0.1, 0.15) is 28.8 Å². The molecule has 1 aliphatic heterocycles. The molecule has 1 saturated heterocycles. The molecule has 1 aromatic carbocycles. The van der Waals surface area contributed by atoms with E-state index < -0.39 is 23.5 Å². The van der Waals surface area contributed by atoms with Gasteiger partial charge in [0.05, 0.1) is 12.8 Å². The molecule has 1 fully saturated rings. The molecule has 3 rings (SSSR count). The zero-order valence-electron chi connectivity index (χ0n) is 20.6. The van der Waals surface area contributed by atoms with Crippen LogP contribution in [0.15, 0.2) is 37.1 Å². The minimum absolute atomic E-state index is 0.0104. The van der Waals surface area contributed by atoms with Crippen LogP contribution in [0, 0.1) is 0 Å². The number of halogens is 3. The summed E-state index contributed by atoms with van der Waals surface area (Å²) in [5.41, 5.74) is -0.304. The smallest absolute Gasteiger partial charge is 0.421 e. The standard InChI is InChI=1S/C24H30F3N7O3/c1-4-20(35)28-9-10-29-21-17(24(25,26)27)14-30-23(33-21)32-18-6-5-15(13-19(18)37-3)22(36)31-16-7-11-34(2)12-8-16/h4-6,13-14,16H,1,7-12H2,2-3H3,(H,28,35)(H,31,36)(H2,29,30,32,33). The number of ether oxygens (including phenoxy) is 1. The quantitative estimate of drug-likeness (QED) is 0.278. The van der Waals surface area contributed by atoms with Gasteiger partial charge in [-0.3, -0.25) is 9.59 Å². The SMILES string of the molecule is C=CC(=O)NCCNc1nc(Nc2ccc(C(=O)NC3CCN(C)CC3)cc2OC)ncc1C(F)(F)F. The number of amides is 2. The Bertz CT molecular complexity index is 1120. The number of anilines is 3. The van der Waals surface area contributed by atoms with Crippen LogP contribution in [0.2, 0.25) is 0 Å². The molecule has 1 aromatic heterocycles. The van der Waals surface area contributed by atoms with Crippen molar-refractivity contribution in [3.63, 3.8) is 0 Å². The summed E-state index contributed by atoms with van der Waals surface area (Å²) >= 11 is 0. The lowest BCUT2D eigenvalue weighted by Crippen LogP contribution is -2.43. The molecule has 10 nitrogen and oxygen atoms in total. The number of hydrogen-bond donors (Lipinski definition) is 4. The van der Waals surface area contributed by atoms with Crippen LogP contribution in [0.3, 0.4) is 0 Å². The first-order chi connectivity index (χ1) is 17.6. The summed E-state index contributed by atoms with van der Waals surface area (Å²) in [6, 6.07) is 4.78. The molecular weight excluding hydrogens is 491 g/mol. The maximum atomic E-state index is 13.4. The predicted octanol–water partition coefficient (Wildman–Crippen LogP) is 2.79. The lowest BCUT2D eigenvalue weighted by molar-refractivity contribution is -0.137. The summed E-state index contributed by atoms with van der Waals surface area (Å²) in [5.74, 6) is -0.960. The van der Waals surface area contributed by atoms with Crippen LogP contribution in [-0.4, -0.2) is 73.1 Å². The molecule has 0 aliphatic carbocycles. The van der Waals surface area contributed by atoms with Crippen molar-refractivity contribution in [3.8, 4) is 5.75 Å². The van der Waals surface area contributed by atoms with E-state index in [1.165, 1.54) is 13.2 Å². The number of nitrogens with zero attached hydrogens (tertiary/aromatic N) is 3. The van der Waals surface area contributed by atoms with Gasteiger partial charge in [0, 0.05) is 30.9 Å². The first kappa shape index (κ1) is 27.7. The second-order valence-electron chi connectivity index (χ2n) is 8.47. The molecule has 1 aliphatic rings. The predicted molar refractivity (Wildman–Crippen MR) is 133 cm³/mol. The number of carbonyl (C=O) groups is 2. The summed E-state index contributed by atoms with van der Waals surface area (Å²) in [6.07, 6.45) is -1.24. The highest BCUT2D eigenvalue weighted by Crippen LogP contribution is 2.35. The van der Waals surface area contributed by atoms with Gasteiger partial charge in [0.1, 0.15) is 17.1 Å². The summed E-state index contributed by atoms with van der Waals surface area (Å²) in [7, 11) is 3.45. The largest absolute Gasteiger partial charge is 0.495 e. The van der Waals surface area contributed by atoms with E-state index in [0.29, 0.717) is 23.2 Å². The van der Waals surface area contributed by atoms with Gasteiger partial charge >= 0.3 is 6.18 Å². The monoisotopic (exact) mass is 521 g/mol. The van der Waals surface area contributed by atoms with Crippen LogP contribution in [0.25, 0.3) is 0 Å². The second kappa shape index (κ2) is 12.4. The van der Waals surface area contributed by atoms with E-state index in [-0.39, 0.29) is 31.0 Å². The van der Waals surface area contributed by atoms with Gasteiger partial charge < -0.3 is 30.9 Å². The molecule has 2 amide bonds. The third-order valence-corrected chi connectivity index (χ3v) is 5.76. The van der Waals surface area contributed by atoms with Gasteiger partial charge in [-0.1, -0.05) is 6.58 Å². The maximum absolute atomic E-state index is 13.4. The highest BCUT2D eigenvalue weighted by molar-refractivity contribution is 5.95. The van der Waals surface area contributed by atoms with Crippen molar-refractivity contribution in [2.75, 3.05) is 51.0 Å². The Morgan fingerprint density at radius 1 is 1.24 bits per heavy atom. The van der Waals surface area contributed by atoms with E-state index in [1.54, 1.807) is 12.1 Å². The van der Waals surface area contributed by atoms with Crippen molar-refractivity contribution < 1.29 is 27.5 Å². The van der Waals surface area contributed by atoms with E-state index in [0.717, 1.165) is 32.0 Å². The third-order valence-electron chi connectivity index (χ3n) is 5.76. The fourth-order valence-corrected chi connectivity index (χ4v) is 3.70. The van der Waals surface area contributed by atoms with Gasteiger partial charge in [0.15, 0.2) is 0 Å². The van der Waals surface area contributed by atoms with Crippen LogP contribution in [-0.2, 0) is 11.0 Å². The Balaban J connectivity index is 1.73. The number of benzene rings is 1. The summed E-state index contributed by atoms with van der Waals surface area (Å²) in [4.78, 5) is 33.9. The summed E-state index contributed by atoms with van der Waals surface area (Å²) in [5, 5.41) is 10.9. The highest BCUT2D eigenvalue weighted by Gasteiger charge is 2.35. The first-order valence-corrected chi connectivity index (χ1v) is 11.6. The van der Waals surface area contributed by atoms with Crippen molar-refractivity contribution >= 4 is 29.3 Å². The molecule has 0 atom stereocenters. The highest BCUT2D eigenvalue weighted by atomic mass is 19.4. The molecule has 2 heterocycles. The number of hydrogen-bond acceptors (Lipinski definition) is 8. The molecule has 0 unspecified atom stereocenters. The first-order valence-electron chi connectivity index (χ1n) is 11.6. The molecule has 0 bridgehead atoms. The number of likely N-dealkylation sites (tertiary alicyclic amines) is 1. The van der Waals surface area contributed by atoms with Crippen LogP contribution < -0.4 is 26.0 Å². The molecule has 0 spiro atoms. The number of methoxy groups -OCH3 is 1. The van der Waals surface area contributed by atoms with Gasteiger partial charge in [-0.15, -0.1) is 0 Å². The Morgan fingerprint density at radius 3 is 2.62 bits per heavy atom. The lowest BCUT2D eigenvalue weighted by atomic mass is 10.0. The fraction of sp³-hybridized carbons (Fsp3) is 0.417. The molecule has 0 saturated carbocycles. The van der Waals surface area contributed by atoms with Gasteiger partial charge in [0.2, 0.25) is 11.9 Å². The van der Waals surface area contributed by atoms with Crippen molar-refractivity contribution in [2.45, 2.75) is 25.1 Å². The van der Waals surface area contributed by atoms with Gasteiger partial charge in [-0.05, 0) is 57.3 Å². The molecule has 2 aromatic rings. The Hall–Kier alpha value is -3.87. The third kappa shape index (κ3) is 7.81. The second-order valence-corrected chi connectivity index (χ2v) is 8.47. The van der Waals surface area contributed by atoms with Crippen molar-refractivity contribution in [2.24, 2.45) is 0 Å². The molecule has 4 N–H and O–H groups in total. The fourth-order valence-electron chi connectivity index (χ4n) is 3.70. The Labute approximate surface area is 212 Å². The van der Waals surface area contributed by atoms with Crippen molar-refractivity contribution in [1.82, 2.24) is 25.5 Å². The molecule has 13 heteroatoms. The number of nitrogens with one attached hydrogen (secondary N) is 4. The normalized spacial score (nSPS) is 14.5. The van der Waals surface area contributed by atoms with Crippen LogP contribution in [0.5, 0.6) is 5.75 Å². The van der Waals surface area contributed by atoms with E-state index in [1.807, 2.05) is 7.05 Å². The molecule has 0 radical (unpaired) electrons. The molecular formula is C24H30F3N7O3. The van der Waals surface area contributed by atoms with Gasteiger partial charge in [0.25, 0.3) is 5.91 Å². The topological polar surface area (TPSA) is 121 Å². The van der Waals surface area contributed by atoms with Crippen LogP contribution in [0.4, 0.5) is 30.6 Å². The van der Waals surface area contributed by atoms with Crippen LogP contribution >= 0.6 is 0 Å². The van der Waals surface area contributed by atoms with Crippen molar-refractivity contribution in [1.29, 1.82) is 0 Å².